The van der Waals surface area contributed by atoms with E-state index in [2.05, 4.69) is 0 Å². The van der Waals surface area contributed by atoms with Gasteiger partial charge in [-0.3, -0.25) is 28.9 Å². The molecule has 6 rings (SSSR count). The van der Waals surface area contributed by atoms with Gasteiger partial charge in [0.05, 0.1) is 17.5 Å². The largest absolute Gasteiger partial charge is 0.507 e. The van der Waals surface area contributed by atoms with Crippen molar-refractivity contribution in [2.75, 3.05) is 4.90 Å². The molecular formula is C32H27NO6. The van der Waals surface area contributed by atoms with Crippen LogP contribution >= 0.6 is 0 Å². The van der Waals surface area contributed by atoms with Crippen molar-refractivity contribution in [2.45, 2.75) is 39.5 Å². The van der Waals surface area contributed by atoms with Crippen LogP contribution < -0.4 is 4.90 Å². The zero-order chi connectivity index (χ0) is 27.7. The maximum atomic E-state index is 13.9. The summed E-state index contributed by atoms with van der Waals surface area (Å²) in [4.78, 5) is 67.1. The Balaban J connectivity index is 1.47. The fourth-order valence-corrected chi connectivity index (χ4v) is 6.73. The topological polar surface area (TPSA) is 109 Å². The van der Waals surface area contributed by atoms with E-state index in [0.717, 1.165) is 5.57 Å². The molecule has 0 radical (unpaired) electrons. The lowest BCUT2D eigenvalue weighted by atomic mass is 9.59. The van der Waals surface area contributed by atoms with Gasteiger partial charge in [-0.25, -0.2) is 0 Å². The first-order valence-corrected chi connectivity index (χ1v) is 13.1. The fraction of sp³-hybridized carbons (Fsp3) is 0.281. The Kier molecular flexibility index (Phi) is 5.64. The lowest BCUT2D eigenvalue weighted by Gasteiger charge is -2.42. The van der Waals surface area contributed by atoms with Crippen molar-refractivity contribution in [3.05, 3.63) is 93.6 Å². The van der Waals surface area contributed by atoms with Crippen LogP contribution in [0.4, 0.5) is 5.69 Å². The smallest absolute Gasteiger partial charge is 0.238 e. The van der Waals surface area contributed by atoms with Gasteiger partial charge in [-0.2, -0.15) is 0 Å². The van der Waals surface area contributed by atoms with Crippen molar-refractivity contribution in [1.29, 1.82) is 0 Å². The molecule has 4 aliphatic rings. The summed E-state index contributed by atoms with van der Waals surface area (Å²) < 4.78 is 0. The van der Waals surface area contributed by atoms with Crippen LogP contribution in [0.25, 0.3) is 0 Å². The van der Waals surface area contributed by atoms with Gasteiger partial charge in [-0.05, 0) is 75.4 Å². The van der Waals surface area contributed by atoms with Gasteiger partial charge in [0, 0.05) is 33.8 Å². The summed E-state index contributed by atoms with van der Waals surface area (Å²) in [6, 6.07) is 11.7. The number of Topliss-reactive ketones (excluding diaryl/α,β-unsaturated/α-hetero) is 2. The van der Waals surface area contributed by atoms with Gasteiger partial charge < -0.3 is 5.11 Å². The molecule has 0 bridgehead atoms. The average molecular weight is 522 g/mol. The van der Waals surface area contributed by atoms with Crippen molar-refractivity contribution in [2.24, 2.45) is 17.8 Å². The molecule has 2 amide bonds. The zero-order valence-electron chi connectivity index (χ0n) is 21.9. The Morgan fingerprint density at radius 3 is 2.36 bits per heavy atom. The highest BCUT2D eigenvalue weighted by Gasteiger charge is 2.56. The van der Waals surface area contributed by atoms with Gasteiger partial charge in [0.1, 0.15) is 5.75 Å². The lowest BCUT2D eigenvalue weighted by Crippen LogP contribution is -2.39. The van der Waals surface area contributed by atoms with E-state index in [1.165, 1.54) is 17.9 Å². The molecule has 2 aromatic rings. The maximum absolute atomic E-state index is 13.9. The summed E-state index contributed by atoms with van der Waals surface area (Å²) in [6.45, 7) is 4.83. The molecule has 0 spiro atoms. The number of anilines is 1. The number of carbonyl (C=O) groups is 5. The number of para-hydroxylation sites is 1. The van der Waals surface area contributed by atoms with E-state index in [4.69, 9.17) is 0 Å². The third kappa shape index (κ3) is 3.60. The number of hydrogen-bond donors (Lipinski definition) is 1. The molecule has 39 heavy (non-hydrogen) atoms. The average Bonchev–Trinajstić information content (AvgIpc) is 3.17. The molecule has 7 nitrogen and oxygen atoms in total. The SMILES string of the molecule is CC(=O)c1ccc(N2C(=O)[C@H]3[C@H](CC=C4[C@H](c5cccc(C)c5O)C5=C(C[C@H]43)C(=O)C=C(C)C5=O)C2=O)cc1. The van der Waals surface area contributed by atoms with Gasteiger partial charge in [-0.15, -0.1) is 0 Å². The van der Waals surface area contributed by atoms with Crippen LogP contribution in [-0.2, 0) is 19.2 Å². The van der Waals surface area contributed by atoms with Crippen LogP contribution in [0, 0.1) is 24.7 Å². The Hall–Kier alpha value is -4.39. The molecule has 0 saturated carbocycles. The number of phenolic OH excluding ortho intramolecular Hbond substituents is 1. The minimum absolute atomic E-state index is 0.0477. The summed E-state index contributed by atoms with van der Waals surface area (Å²) in [6.07, 6.45) is 3.76. The summed E-state index contributed by atoms with van der Waals surface area (Å²) >= 11 is 0. The molecule has 4 atom stereocenters. The number of carbonyl (C=O) groups excluding carboxylic acids is 5. The molecule has 1 saturated heterocycles. The Labute approximate surface area is 225 Å². The van der Waals surface area contributed by atoms with E-state index < -0.39 is 23.7 Å². The van der Waals surface area contributed by atoms with Crippen molar-refractivity contribution >= 4 is 34.9 Å². The summed E-state index contributed by atoms with van der Waals surface area (Å²) in [5.41, 5.74) is 3.88. The van der Waals surface area contributed by atoms with Gasteiger partial charge in [0.15, 0.2) is 17.3 Å². The lowest BCUT2D eigenvalue weighted by molar-refractivity contribution is -0.123. The highest BCUT2D eigenvalue weighted by Crippen LogP contribution is 2.56. The van der Waals surface area contributed by atoms with Crippen LogP contribution in [0.5, 0.6) is 5.75 Å². The highest BCUT2D eigenvalue weighted by molar-refractivity contribution is 6.25. The first kappa shape index (κ1) is 24.9. The predicted molar refractivity (Wildman–Crippen MR) is 143 cm³/mol. The van der Waals surface area contributed by atoms with Gasteiger partial charge in [0.25, 0.3) is 0 Å². The number of ketones is 3. The Bertz CT molecular complexity index is 1610. The van der Waals surface area contributed by atoms with Gasteiger partial charge in [-0.1, -0.05) is 29.8 Å². The second kappa shape index (κ2) is 8.83. The standard InChI is InChI=1S/C32H27NO6/c1-15-5-4-6-21(29(15)36)26-20-11-12-22-27(23(20)14-24-25(35)13-16(2)30(37)28(24)26)32(39)33(31(22)38)19-9-7-18(8-10-19)17(3)34/h4-11,13,22-23,26-27,36H,12,14H2,1-3H3/t22-,23+,26+,27-/m0/s1. The van der Waals surface area contributed by atoms with Crippen molar-refractivity contribution < 1.29 is 29.1 Å². The number of aryl methyl sites for hydroxylation is 1. The molecule has 7 heteroatoms. The number of phenols is 1. The molecule has 2 aromatic carbocycles. The first-order chi connectivity index (χ1) is 18.6. The van der Waals surface area contributed by atoms with E-state index in [-0.39, 0.29) is 41.3 Å². The molecule has 3 aliphatic carbocycles. The van der Waals surface area contributed by atoms with Crippen LogP contribution in [0.15, 0.2) is 76.9 Å². The van der Waals surface area contributed by atoms with E-state index in [1.54, 1.807) is 56.3 Å². The second-order valence-electron chi connectivity index (χ2n) is 10.9. The van der Waals surface area contributed by atoms with Crippen molar-refractivity contribution in [3.63, 3.8) is 0 Å². The quantitative estimate of drug-likeness (QED) is 0.275. The molecule has 1 aliphatic heterocycles. The van der Waals surface area contributed by atoms with Gasteiger partial charge >= 0.3 is 0 Å². The first-order valence-electron chi connectivity index (χ1n) is 13.1. The van der Waals surface area contributed by atoms with E-state index in [9.17, 15) is 29.1 Å². The molecular weight excluding hydrogens is 494 g/mol. The van der Waals surface area contributed by atoms with Crippen LogP contribution in [0.1, 0.15) is 54.1 Å². The van der Waals surface area contributed by atoms with E-state index in [0.29, 0.717) is 45.5 Å². The third-order valence-corrected chi connectivity index (χ3v) is 8.68. The highest BCUT2D eigenvalue weighted by atomic mass is 16.3. The number of nitrogens with zero attached hydrogens (tertiary/aromatic N) is 1. The van der Waals surface area contributed by atoms with Gasteiger partial charge in [0.2, 0.25) is 11.8 Å². The summed E-state index contributed by atoms with van der Waals surface area (Å²) in [5, 5.41) is 11.1. The molecule has 1 heterocycles. The number of rotatable bonds is 3. The molecule has 0 aromatic heterocycles. The minimum Gasteiger partial charge on any atom is -0.507 e. The fourth-order valence-electron chi connectivity index (χ4n) is 6.73. The summed E-state index contributed by atoms with van der Waals surface area (Å²) in [5.74, 6) is -3.71. The number of imide groups is 1. The van der Waals surface area contributed by atoms with Crippen LogP contribution in [0.3, 0.4) is 0 Å². The van der Waals surface area contributed by atoms with Crippen molar-refractivity contribution in [3.8, 4) is 5.75 Å². The maximum Gasteiger partial charge on any atom is 0.238 e. The minimum atomic E-state index is -0.705. The number of fused-ring (bicyclic) bond motifs is 3. The number of amides is 2. The number of hydrogen-bond acceptors (Lipinski definition) is 6. The van der Waals surface area contributed by atoms with E-state index >= 15 is 0 Å². The molecule has 0 unspecified atom stereocenters. The summed E-state index contributed by atoms with van der Waals surface area (Å²) in [7, 11) is 0. The second-order valence-corrected chi connectivity index (χ2v) is 10.9. The van der Waals surface area contributed by atoms with Crippen LogP contribution in [0.2, 0.25) is 0 Å². The van der Waals surface area contributed by atoms with Crippen LogP contribution in [-0.4, -0.2) is 34.3 Å². The van der Waals surface area contributed by atoms with E-state index in [1.807, 2.05) is 6.08 Å². The number of allylic oxidation sites excluding steroid dienone is 6. The molecule has 1 N–H and O–H groups in total. The normalized spacial score (nSPS) is 26.2. The van der Waals surface area contributed by atoms with Crippen molar-refractivity contribution in [1.82, 2.24) is 0 Å². The Morgan fingerprint density at radius 2 is 1.67 bits per heavy atom. The molecule has 196 valence electrons. The number of benzene rings is 2. The predicted octanol–water partition coefficient (Wildman–Crippen LogP) is 4.54. The molecule has 1 fully saturated rings. The monoisotopic (exact) mass is 521 g/mol. The number of aromatic hydroxyl groups is 1. The Morgan fingerprint density at radius 1 is 0.949 bits per heavy atom. The zero-order valence-corrected chi connectivity index (χ0v) is 21.9. The third-order valence-electron chi connectivity index (χ3n) is 8.68.